The topological polar surface area (TPSA) is 76.9 Å². The van der Waals surface area contributed by atoms with E-state index < -0.39 is 11.7 Å². The van der Waals surface area contributed by atoms with Gasteiger partial charge in [-0.2, -0.15) is 5.10 Å². The van der Waals surface area contributed by atoms with Gasteiger partial charge in [0.05, 0.1) is 28.3 Å². The number of hydrogen-bond acceptors (Lipinski definition) is 5. The number of para-hydroxylation sites is 1. The van der Waals surface area contributed by atoms with Crippen molar-refractivity contribution in [2.45, 2.75) is 13.8 Å². The normalized spacial score (nSPS) is 10.8. The standard InChI is InChI=1S/C22H17FN4O2S/c1-13-19(14(2)27(26-13)17-6-4-3-5-7-17)20(28)21(29)25-22-24-18(12-30-22)15-8-10-16(23)11-9-15/h3-12H,1-2H3,(H,24,25,29). The van der Waals surface area contributed by atoms with Crippen LogP contribution in [0.4, 0.5) is 9.52 Å². The second-order valence-corrected chi connectivity index (χ2v) is 7.48. The zero-order chi connectivity index (χ0) is 21.3. The van der Waals surface area contributed by atoms with Gasteiger partial charge in [-0.3, -0.25) is 14.9 Å². The summed E-state index contributed by atoms with van der Waals surface area (Å²) < 4.78 is 14.7. The third kappa shape index (κ3) is 3.77. The van der Waals surface area contributed by atoms with Crippen molar-refractivity contribution < 1.29 is 14.0 Å². The minimum atomic E-state index is -0.784. The van der Waals surface area contributed by atoms with Crippen molar-refractivity contribution in [1.29, 1.82) is 0 Å². The van der Waals surface area contributed by atoms with Crippen LogP contribution in [0.15, 0.2) is 60.0 Å². The van der Waals surface area contributed by atoms with Crippen LogP contribution in [0.2, 0.25) is 0 Å². The molecule has 0 unspecified atom stereocenters. The van der Waals surface area contributed by atoms with E-state index in [0.29, 0.717) is 22.2 Å². The SMILES string of the molecule is Cc1nn(-c2ccccc2)c(C)c1C(=O)C(=O)Nc1nc(-c2ccc(F)cc2)cs1. The fraction of sp³-hybridized carbons (Fsp3) is 0.0909. The zero-order valence-electron chi connectivity index (χ0n) is 16.2. The highest BCUT2D eigenvalue weighted by Crippen LogP contribution is 2.25. The smallest absolute Gasteiger partial charge is 0.295 e. The van der Waals surface area contributed by atoms with E-state index in [1.807, 2.05) is 30.3 Å². The van der Waals surface area contributed by atoms with Crippen molar-refractivity contribution in [3.63, 3.8) is 0 Å². The molecule has 30 heavy (non-hydrogen) atoms. The number of hydrogen-bond donors (Lipinski definition) is 1. The summed E-state index contributed by atoms with van der Waals surface area (Å²) in [6.07, 6.45) is 0. The van der Waals surface area contributed by atoms with Gasteiger partial charge >= 0.3 is 0 Å². The lowest BCUT2D eigenvalue weighted by molar-refractivity contribution is -0.112. The number of nitrogens with one attached hydrogen (secondary N) is 1. The predicted molar refractivity (Wildman–Crippen MR) is 114 cm³/mol. The molecule has 6 nitrogen and oxygen atoms in total. The highest BCUT2D eigenvalue weighted by Gasteiger charge is 2.25. The number of aryl methyl sites for hydroxylation is 1. The summed E-state index contributed by atoms with van der Waals surface area (Å²) >= 11 is 1.19. The number of carbonyl (C=O) groups is 2. The number of rotatable bonds is 5. The predicted octanol–water partition coefficient (Wildman–Crippen LogP) is 4.57. The first kappa shape index (κ1) is 19.7. The second kappa shape index (κ2) is 8.00. The molecular weight excluding hydrogens is 403 g/mol. The maximum Gasteiger partial charge on any atom is 0.298 e. The van der Waals surface area contributed by atoms with Crippen LogP contribution in [0.3, 0.4) is 0 Å². The van der Waals surface area contributed by atoms with E-state index in [1.165, 1.54) is 23.5 Å². The number of ketones is 1. The van der Waals surface area contributed by atoms with Gasteiger partial charge in [0.1, 0.15) is 5.82 Å². The first-order valence-electron chi connectivity index (χ1n) is 9.13. The fourth-order valence-corrected chi connectivity index (χ4v) is 3.86. The number of Topliss-reactive ketones (excluding diaryl/α,β-unsaturated/α-hetero) is 1. The number of thiazole rings is 1. The van der Waals surface area contributed by atoms with E-state index in [0.717, 1.165) is 11.3 Å². The molecule has 0 saturated carbocycles. The molecule has 0 aliphatic heterocycles. The van der Waals surface area contributed by atoms with E-state index in [2.05, 4.69) is 15.4 Å². The van der Waals surface area contributed by atoms with E-state index in [1.54, 1.807) is 36.0 Å². The van der Waals surface area contributed by atoms with Crippen molar-refractivity contribution in [3.05, 3.63) is 82.7 Å². The summed E-state index contributed by atoms with van der Waals surface area (Å²) in [6.45, 7) is 3.45. The number of halogens is 1. The fourth-order valence-electron chi connectivity index (χ4n) is 3.14. The maximum atomic E-state index is 13.1. The number of benzene rings is 2. The minimum absolute atomic E-state index is 0.270. The molecule has 0 atom stereocenters. The Labute approximate surface area is 176 Å². The third-order valence-electron chi connectivity index (χ3n) is 4.59. The van der Waals surface area contributed by atoms with Crippen LogP contribution in [0.5, 0.6) is 0 Å². The van der Waals surface area contributed by atoms with Gasteiger partial charge in [-0.15, -0.1) is 11.3 Å². The van der Waals surface area contributed by atoms with Crippen LogP contribution in [0.1, 0.15) is 21.7 Å². The molecule has 1 amide bonds. The molecule has 0 bridgehead atoms. The summed E-state index contributed by atoms with van der Waals surface area (Å²) in [6, 6.07) is 15.3. The summed E-state index contributed by atoms with van der Waals surface area (Å²) in [4.78, 5) is 29.7. The molecule has 0 spiro atoms. The molecule has 2 aromatic heterocycles. The van der Waals surface area contributed by atoms with E-state index >= 15 is 0 Å². The average molecular weight is 420 g/mol. The van der Waals surface area contributed by atoms with Crippen LogP contribution < -0.4 is 5.32 Å². The average Bonchev–Trinajstić information content (AvgIpc) is 3.32. The molecule has 2 aromatic carbocycles. The molecule has 8 heteroatoms. The van der Waals surface area contributed by atoms with Gasteiger partial charge in [0, 0.05) is 10.9 Å². The van der Waals surface area contributed by atoms with Crippen LogP contribution in [-0.2, 0) is 4.79 Å². The number of anilines is 1. The molecule has 0 aliphatic rings. The maximum absolute atomic E-state index is 13.1. The van der Waals surface area contributed by atoms with E-state index in [9.17, 15) is 14.0 Å². The van der Waals surface area contributed by atoms with Gasteiger partial charge in [0.2, 0.25) is 0 Å². The monoisotopic (exact) mass is 420 g/mol. The van der Waals surface area contributed by atoms with Crippen molar-refractivity contribution >= 4 is 28.2 Å². The molecule has 0 fully saturated rings. The quantitative estimate of drug-likeness (QED) is 0.379. The Morgan fingerprint density at radius 3 is 2.43 bits per heavy atom. The highest BCUT2D eigenvalue weighted by atomic mass is 32.1. The van der Waals surface area contributed by atoms with Gasteiger partial charge in [-0.25, -0.2) is 14.1 Å². The Hall–Kier alpha value is -3.65. The first-order valence-corrected chi connectivity index (χ1v) is 10.0. The summed E-state index contributed by atoms with van der Waals surface area (Å²) in [5.41, 5.74) is 3.45. The van der Waals surface area contributed by atoms with Gasteiger partial charge in [0.25, 0.3) is 11.7 Å². The largest absolute Gasteiger partial charge is 0.298 e. The Morgan fingerprint density at radius 1 is 1.03 bits per heavy atom. The lowest BCUT2D eigenvalue weighted by Gasteiger charge is -2.05. The van der Waals surface area contributed by atoms with Gasteiger partial charge in [0.15, 0.2) is 5.13 Å². The summed E-state index contributed by atoms with van der Waals surface area (Å²) in [5, 5.41) is 8.99. The number of nitrogens with zero attached hydrogens (tertiary/aromatic N) is 3. The molecule has 0 saturated heterocycles. The molecule has 4 rings (SSSR count). The van der Waals surface area contributed by atoms with E-state index in [-0.39, 0.29) is 11.4 Å². The molecule has 1 N–H and O–H groups in total. The Balaban J connectivity index is 1.54. The van der Waals surface area contributed by atoms with Gasteiger partial charge < -0.3 is 0 Å². The Morgan fingerprint density at radius 2 is 1.73 bits per heavy atom. The lowest BCUT2D eigenvalue weighted by Crippen LogP contribution is -2.24. The Bertz CT molecular complexity index is 1230. The number of amides is 1. The lowest BCUT2D eigenvalue weighted by atomic mass is 10.1. The highest BCUT2D eigenvalue weighted by molar-refractivity contribution is 7.14. The Kier molecular flexibility index (Phi) is 5.24. The number of aromatic nitrogens is 3. The van der Waals surface area contributed by atoms with Crippen molar-refractivity contribution in [2.75, 3.05) is 5.32 Å². The minimum Gasteiger partial charge on any atom is -0.295 e. The van der Waals surface area contributed by atoms with Crippen LogP contribution in [0, 0.1) is 19.7 Å². The van der Waals surface area contributed by atoms with Gasteiger partial charge in [-0.1, -0.05) is 18.2 Å². The molecule has 0 aliphatic carbocycles. The molecule has 4 aromatic rings. The number of carbonyl (C=O) groups excluding carboxylic acids is 2. The van der Waals surface area contributed by atoms with Gasteiger partial charge in [-0.05, 0) is 50.2 Å². The molecular formula is C22H17FN4O2S. The summed E-state index contributed by atoms with van der Waals surface area (Å²) in [5.74, 6) is -1.80. The van der Waals surface area contributed by atoms with Crippen LogP contribution in [0.25, 0.3) is 16.9 Å². The third-order valence-corrected chi connectivity index (χ3v) is 5.35. The van der Waals surface area contributed by atoms with Crippen LogP contribution in [-0.4, -0.2) is 26.5 Å². The van der Waals surface area contributed by atoms with Crippen molar-refractivity contribution in [3.8, 4) is 16.9 Å². The molecule has 2 heterocycles. The molecule has 0 radical (unpaired) electrons. The van der Waals surface area contributed by atoms with Crippen molar-refractivity contribution in [1.82, 2.24) is 14.8 Å². The van der Waals surface area contributed by atoms with E-state index in [4.69, 9.17) is 0 Å². The second-order valence-electron chi connectivity index (χ2n) is 6.62. The van der Waals surface area contributed by atoms with Crippen LogP contribution >= 0.6 is 11.3 Å². The summed E-state index contributed by atoms with van der Waals surface area (Å²) in [7, 11) is 0. The molecule has 150 valence electrons. The zero-order valence-corrected chi connectivity index (χ0v) is 17.0. The van der Waals surface area contributed by atoms with Crippen molar-refractivity contribution in [2.24, 2.45) is 0 Å². The first-order chi connectivity index (χ1) is 14.4.